The number of nitrogens with zero attached hydrogens (tertiary/aromatic N) is 5. The van der Waals surface area contributed by atoms with Gasteiger partial charge >= 0.3 is 5.97 Å². The number of amides is 2. The van der Waals surface area contributed by atoms with Crippen LogP contribution in [0.15, 0.2) is 79.3 Å². The molecule has 0 fully saturated rings. The highest BCUT2D eigenvalue weighted by Crippen LogP contribution is 2.27. The van der Waals surface area contributed by atoms with Crippen molar-refractivity contribution in [1.29, 1.82) is 5.26 Å². The van der Waals surface area contributed by atoms with Crippen LogP contribution in [0, 0.1) is 17.2 Å². The van der Waals surface area contributed by atoms with Crippen LogP contribution in [0.2, 0.25) is 0 Å². The number of fused-ring (bicyclic) bond motifs is 1. The molecule has 4 rings (SSSR count). The largest absolute Gasteiger partial charge is 0.461 e. The smallest absolute Gasteiger partial charge is 0.328 e. The number of carbonyl (C=O) groups excluding carboxylic acids is 3. The second kappa shape index (κ2) is 19.1. The van der Waals surface area contributed by atoms with Crippen molar-refractivity contribution in [2.24, 2.45) is 5.92 Å². The van der Waals surface area contributed by atoms with Crippen molar-refractivity contribution in [1.82, 2.24) is 19.8 Å². The monoisotopic (exact) mass is 710 g/mol. The van der Waals surface area contributed by atoms with Crippen molar-refractivity contribution in [2.75, 3.05) is 30.0 Å². The summed E-state index contributed by atoms with van der Waals surface area (Å²) in [5, 5.41) is 14.4. The lowest BCUT2D eigenvalue weighted by Gasteiger charge is -2.38. The molecule has 1 heterocycles. The fourth-order valence-corrected chi connectivity index (χ4v) is 6.70. The molecule has 3 aromatic carbocycles. The molecule has 51 heavy (non-hydrogen) atoms. The van der Waals surface area contributed by atoms with Gasteiger partial charge in [-0.3, -0.25) is 19.4 Å². The van der Waals surface area contributed by atoms with Gasteiger partial charge in [0.25, 0.3) is 0 Å². The first-order valence-corrected chi connectivity index (χ1v) is 18.9. The molecule has 0 saturated carbocycles. The zero-order chi connectivity index (χ0) is 36.9. The molecule has 1 N–H and O–H groups in total. The number of nitriles is 1. The summed E-state index contributed by atoms with van der Waals surface area (Å²) in [6.07, 6.45) is 6.34. The van der Waals surface area contributed by atoms with Crippen molar-refractivity contribution in [3.05, 3.63) is 95.9 Å². The van der Waals surface area contributed by atoms with E-state index in [-0.39, 0.29) is 36.4 Å². The molecule has 3 atom stereocenters. The molecule has 0 aliphatic rings. The van der Waals surface area contributed by atoms with E-state index in [0.717, 1.165) is 28.3 Å². The average molecular weight is 711 g/mol. The van der Waals surface area contributed by atoms with Gasteiger partial charge in [-0.15, -0.1) is 0 Å². The van der Waals surface area contributed by atoms with Crippen molar-refractivity contribution < 1.29 is 19.1 Å². The molecular weight excluding hydrogens is 661 g/mol. The van der Waals surface area contributed by atoms with Gasteiger partial charge in [0.2, 0.25) is 11.8 Å². The van der Waals surface area contributed by atoms with Crippen LogP contribution in [0.4, 0.5) is 5.82 Å². The van der Waals surface area contributed by atoms with Gasteiger partial charge in [-0.2, -0.15) is 17.0 Å². The van der Waals surface area contributed by atoms with Gasteiger partial charge in [0.05, 0.1) is 49.4 Å². The SMILES string of the molecule is CCC(C)C(CN(CC(=O)NC(CCSC)C(=O)OC(C)C)Cc1cccc2ccccc12)N(C(C)=O)c1cncn1Cc1ccc(C#N)cc1. The summed E-state index contributed by atoms with van der Waals surface area (Å²) >= 11 is 1.60. The van der Waals surface area contributed by atoms with E-state index in [9.17, 15) is 19.6 Å². The minimum atomic E-state index is -0.762. The van der Waals surface area contributed by atoms with Gasteiger partial charge in [0.1, 0.15) is 11.9 Å². The number of ether oxygens (including phenoxy) is 1. The molecule has 10 nitrogen and oxygen atoms in total. The van der Waals surface area contributed by atoms with Crippen molar-refractivity contribution in [3.8, 4) is 6.07 Å². The standard InChI is InChI=1S/C40H50N6O4S/c1-7-29(4)37(46(30(5)47)39-22-42-27-45(39)23-32-17-15-31(21-41)16-18-32)25-44(24-34-13-10-12-33-11-8-9-14-35(33)34)26-38(48)43-36(19-20-51-6)40(49)50-28(2)3/h8-18,22,27-29,36-37H,7,19-20,23-26H2,1-6H3,(H,43,48). The van der Waals surface area contributed by atoms with Crippen LogP contribution in [0.1, 0.15) is 64.2 Å². The van der Waals surface area contributed by atoms with E-state index in [0.29, 0.717) is 43.2 Å². The molecule has 11 heteroatoms. The Balaban J connectivity index is 1.69. The molecule has 4 aromatic rings. The van der Waals surface area contributed by atoms with E-state index < -0.39 is 12.0 Å². The Morgan fingerprint density at radius 2 is 1.76 bits per heavy atom. The Morgan fingerprint density at radius 3 is 2.43 bits per heavy atom. The number of thioether (sulfide) groups is 1. The summed E-state index contributed by atoms with van der Waals surface area (Å²) in [6, 6.07) is 22.8. The topological polar surface area (TPSA) is 121 Å². The highest BCUT2D eigenvalue weighted by Gasteiger charge is 2.32. The van der Waals surface area contributed by atoms with Gasteiger partial charge in [0, 0.05) is 20.0 Å². The van der Waals surface area contributed by atoms with Crippen LogP contribution in [0.3, 0.4) is 0 Å². The number of imidazole rings is 1. The summed E-state index contributed by atoms with van der Waals surface area (Å²) in [5.74, 6) is 0.539. The van der Waals surface area contributed by atoms with Crippen molar-refractivity contribution in [3.63, 3.8) is 0 Å². The first-order chi connectivity index (χ1) is 24.5. The third-order valence-corrected chi connectivity index (χ3v) is 9.66. The molecule has 0 bridgehead atoms. The Bertz CT molecular complexity index is 1800. The number of anilines is 1. The lowest BCUT2D eigenvalue weighted by Crippen LogP contribution is -2.53. The summed E-state index contributed by atoms with van der Waals surface area (Å²) in [4.78, 5) is 48.8. The molecule has 0 spiro atoms. The first kappa shape index (κ1) is 39.1. The summed E-state index contributed by atoms with van der Waals surface area (Å²) in [5.41, 5.74) is 2.61. The van der Waals surface area contributed by atoms with Crippen LogP contribution in [0.25, 0.3) is 10.8 Å². The first-order valence-electron chi connectivity index (χ1n) is 17.5. The molecule has 0 radical (unpaired) electrons. The minimum absolute atomic E-state index is 0.0110. The van der Waals surface area contributed by atoms with E-state index in [1.165, 1.54) is 0 Å². The Kier molecular flexibility index (Phi) is 14.6. The Hall–Kier alpha value is -4.66. The quantitative estimate of drug-likeness (QED) is 0.118. The van der Waals surface area contributed by atoms with Gasteiger partial charge in [-0.05, 0) is 72.2 Å². The fourth-order valence-electron chi connectivity index (χ4n) is 6.23. The van der Waals surface area contributed by atoms with E-state index in [2.05, 4.69) is 59.4 Å². The minimum Gasteiger partial charge on any atom is -0.461 e. The highest BCUT2D eigenvalue weighted by molar-refractivity contribution is 7.98. The van der Waals surface area contributed by atoms with Crippen LogP contribution < -0.4 is 10.2 Å². The number of carbonyl (C=O) groups is 3. The molecule has 0 aliphatic carbocycles. The molecule has 0 aliphatic heterocycles. The number of hydrogen-bond acceptors (Lipinski definition) is 8. The highest BCUT2D eigenvalue weighted by atomic mass is 32.2. The van der Waals surface area contributed by atoms with Crippen molar-refractivity contribution >= 4 is 46.1 Å². The normalized spacial score (nSPS) is 13.1. The summed E-state index contributed by atoms with van der Waals surface area (Å²) in [7, 11) is 0. The number of nitrogens with one attached hydrogen (secondary N) is 1. The average Bonchev–Trinajstić information content (AvgIpc) is 3.56. The third kappa shape index (κ3) is 10.9. The van der Waals surface area contributed by atoms with Crippen LogP contribution in [-0.2, 0) is 32.2 Å². The van der Waals surface area contributed by atoms with Crippen LogP contribution in [0.5, 0.6) is 0 Å². The van der Waals surface area contributed by atoms with E-state index in [1.54, 1.807) is 62.1 Å². The molecule has 270 valence electrons. The number of benzene rings is 3. The number of hydrogen-bond donors (Lipinski definition) is 1. The predicted octanol–water partition coefficient (Wildman–Crippen LogP) is 6.42. The maximum Gasteiger partial charge on any atom is 0.328 e. The van der Waals surface area contributed by atoms with E-state index in [1.807, 2.05) is 41.2 Å². The van der Waals surface area contributed by atoms with Crippen LogP contribution >= 0.6 is 11.8 Å². The molecule has 1 aromatic heterocycles. The second-order valence-electron chi connectivity index (χ2n) is 13.2. The number of rotatable bonds is 18. The molecule has 0 saturated heterocycles. The predicted molar refractivity (Wildman–Crippen MR) is 204 cm³/mol. The Morgan fingerprint density at radius 1 is 1.04 bits per heavy atom. The van der Waals surface area contributed by atoms with E-state index >= 15 is 0 Å². The van der Waals surface area contributed by atoms with Crippen molar-refractivity contribution in [2.45, 2.75) is 78.7 Å². The lowest BCUT2D eigenvalue weighted by molar-refractivity contribution is -0.151. The second-order valence-corrected chi connectivity index (χ2v) is 14.2. The van der Waals surface area contributed by atoms with Gasteiger partial charge in [-0.25, -0.2) is 9.78 Å². The lowest BCUT2D eigenvalue weighted by atomic mass is 9.96. The maximum absolute atomic E-state index is 13.8. The third-order valence-electron chi connectivity index (χ3n) is 9.01. The van der Waals surface area contributed by atoms with Crippen LogP contribution in [-0.4, -0.2) is 75.5 Å². The zero-order valence-corrected chi connectivity index (χ0v) is 31.4. The number of aromatic nitrogens is 2. The molecule has 2 amide bonds. The van der Waals surface area contributed by atoms with Gasteiger partial charge < -0.3 is 14.6 Å². The Labute approximate surface area is 306 Å². The summed E-state index contributed by atoms with van der Waals surface area (Å²) in [6.45, 7) is 10.7. The number of esters is 1. The van der Waals surface area contributed by atoms with Gasteiger partial charge in [0.15, 0.2) is 0 Å². The van der Waals surface area contributed by atoms with E-state index in [4.69, 9.17) is 4.74 Å². The zero-order valence-electron chi connectivity index (χ0n) is 30.5. The summed E-state index contributed by atoms with van der Waals surface area (Å²) < 4.78 is 7.43. The van der Waals surface area contributed by atoms with Gasteiger partial charge in [-0.1, -0.05) is 74.9 Å². The molecular formula is C40H50N6O4S. The fraction of sp³-hybridized carbons (Fsp3) is 0.425. The maximum atomic E-state index is 13.8. The molecule has 3 unspecified atom stereocenters.